The Labute approximate surface area is 144 Å². The second-order valence-electron chi connectivity index (χ2n) is 5.05. The average molecular weight is 347 g/mol. The first-order valence-corrected chi connectivity index (χ1v) is 7.43. The molecule has 1 N–H and O–H groups in total. The fourth-order valence-electron chi connectivity index (χ4n) is 2.03. The fraction of sp³-hybridized carbons (Fsp3) is 0.222. The van der Waals surface area contributed by atoms with Crippen molar-refractivity contribution in [1.29, 1.82) is 0 Å². The summed E-state index contributed by atoms with van der Waals surface area (Å²) in [7, 11) is 2.94. The normalized spacial score (nSPS) is 10.0. The molecule has 0 fully saturated rings. The van der Waals surface area contributed by atoms with Crippen molar-refractivity contribution in [3.8, 4) is 11.5 Å². The van der Waals surface area contributed by atoms with E-state index in [4.69, 9.17) is 14.2 Å². The van der Waals surface area contributed by atoms with Crippen LogP contribution < -0.4 is 14.8 Å². The van der Waals surface area contributed by atoms with Gasteiger partial charge >= 0.3 is 5.97 Å². The Hall–Kier alpha value is -3.09. The van der Waals surface area contributed by atoms with Crippen molar-refractivity contribution < 1.29 is 28.2 Å². The van der Waals surface area contributed by atoms with E-state index in [2.05, 4.69) is 5.32 Å². The van der Waals surface area contributed by atoms with Crippen LogP contribution in [0, 0.1) is 5.82 Å². The largest absolute Gasteiger partial charge is 0.493 e. The molecule has 1 amide bonds. The number of benzene rings is 2. The Morgan fingerprint density at radius 3 is 2.32 bits per heavy atom. The van der Waals surface area contributed by atoms with Gasteiger partial charge in [0.2, 0.25) is 0 Å². The maximum absolute atomic E-state index is 12.8. The summed E-state index contributed by atoms with van der Waals surface area (Å²) in [5, 5.41) is 2.58. The van der Waals surface area contributed by atoms with Crippen molar-refractivity contribution in [2.45, 2.75) is 6.54 Å². The van der Waals surface area contributed by atoms with Gasteiger partial charge in [-0.3, -0.25) is 4.79 Å². The molecule has 7 heteroatoms. The summed E-state index contributed by atoms with van der Waals surface area (Å²) in [5.74, 6) is -0.594. The van der Waals surface area contributed by atoms with Crippen molar-refractivity contribution in [2.24, 2.45) is 0 Å². The van der Waals surface area contributed by atoms with Crippen molar-refractivity contribution in [3.05, 3.63) is 59.4 Å². The summed E-state index contributed by atoms with van der Waals surface area (Å²) in [6, 6.07) is 10.3. The molecule has 2 aromatic rings. The maximum Gasteiger partial charge on any atom is 0.338 e. The van der Waals surface area contributed by atoms with E-state index in [1.807, 2.05) is 0 Å². The molecule has 0 spiro atoms. The number of carbonyl (C=O) groups excluding carboxylic acids is 2. The van der Waals surface area contributed by atoms with Gasteiger partial charge in [0.05, 0.1) is 19.8 Å². The van der Waals surface area contributed by atoms with Crippen molar-refractivity contribution >= 4 is 11.9 Å². The van der Waals surface area contributed by atoms with Gasteiger partial charge in [-0.05, 0) is 35.9 Å². The summed E-state index contributed by atoms with van der Waals surface area (Å²) >= 11 is 0. The molecule has 132 valence electrons. The van der Waals surface area contributed by atoms with Gasteiger partial charge < -0.3 is 19.5 Å². The SMILES string of the molecule is COc1ccc(C(=O)OCC(=O)NCc2ccc(F)cc2)cc1OC. The molecule has 0 aliphatic rings. The molecule has 0 radical (unpaired) electrons. The molecule has 0 heterocycles. The number of ether oxygens (including phenoxy) is 3. The van der Waals surface area contributed by atoms with Gasteiger partial charge in [-0.25, -0.2) is 9.18 Å². The molecule has 2 rings (SSSR count). The molecule has 0 saturated carbocycles. The van der Waals surface area contributed by atoms with E-state index in [-0.39, 0.29) is 17.9 Å². The molecule has 0 aliphatic heterocycles. The molecule has 0 atom stereocenters. The van der Waals surface area contributed by atoms with Crippen LogP contribution in [0.2, 0.25) is 0 Å². The van der Waals surface area contributed by atoms with Crippen LogP contribution in [0.15, 0.2) is 42.5 Å². The number of methoxy groups -OCH3 is 2. The summed E-state index contributed by atoms with van der Waals surface area (Å²) in [4.78, 5) is 23.7. The third kappa shape index (κ3) is 5.20. The number of carbonyl (C=O) groups is 2. The number of amides is 1. The number of nitrogens with one attached hydrogen (secondary N) is 1. The van der Waals surface area contributed by atoms with E-state index in [0.717, 1.165) is 5.56 Å². The third-order valence-corrected chi connectivity index (χ3v) is 3.36. The lowest BCUT2D eigenvalue weighted by Crippen LogP contribution is -2.28. The summed E-state index contributed by atoms with van der Waals surface area (Å²) in [5.41, 5.74) is 0.977. The van der Waals surface area contributed by atoms with Gasteiger partial charge in [0.25, 0.3) is 5.91 Å². The third-order valence-electron chi connectivity index (χ3n) is 3.36. The van der Waals surface area contributed by atoms with Crippen LogP contribution in [0.1, 0.15) is 15.9 Å². The second-order valence-corrected chi connectivity index (χ2v) is 5.05. The van der Waals surface area contributed by atoms with Gasteiger partial charge in [0, 0.05) is 6.54 Å². The van der Waals surface area contributed by atoms with Crippen molar-refractivity contribution in [1.82, 2.24) is 5.32 Å². The molecule has 0 aromatic heterocycles. The second kappa shape index (κ2) is 8.68. The minimum atomic E-state index is -0.655. The van der Waals surface area contributed by atoms with Crippen LogP contribution in [0.5, 0.6) is 11.5 Å². The average Bonchev–Trinajstić information content (AvgIpc) is 2.64. The highest BCUT2D eigenvalue weighted by Crippen LogP contribution is 2.27. The molecule has 0 unspecified atom stereocenters. The predicted molar refractivity (Wildman–Crippen MR) is 88.1 cm³/mol. The zero-order valence-corrected chi connectivity index (χ0v) is 13.9. The first-order valence-electron chi connectivity index (χ1n) is 7.43. The van der Waals surface area contributed by atoms with Gasteiger partial charge in [0.15, 0.2) is 18.1 Å². The molecule has 25 heavy (non-hydrogen) atoms. The van der Waals surface area contributed by atoms with E-state index in [9.17, 15) is 14.0 Å². The van der Waals surface area contributed by atoms with E-state index in [1.165, 1.54) is 38.5 Å². The van der Waals surface area contributed by atoms with Gasteiger partial charge in [-0.15, -0.1) is 0 Å². The standard InChI is InChI=1S/C18H18FNO5/c1-23-15-8-5-13(9-16(15)24-2)18(22)25-11-17(21)20-10-12-3-6-14(19)7-4-12/h3-9H,10-11H2,1-2H3,(H,20,21). The molecule has 0 bridgehead atoms. The summed E-state index contributed by atoms with van der Waals surface area (Å²) in [6.45, 7) is -0.207. The number of esters is 1. The number of rotatable bonds is 7. The van der Waals surface area contributed by atoms with Crippen LogP contribution in [-0.4, -0.2) is 32.7 Å². The zero-order valence-electron chi connectivity index (χ0n) is 13.9. The summed E-state index contributed by atoms with van der Waals surface area (Å²) in [6.07, 6.45) is 0. The topological polar surface area (TPSA) is 73.9 Å². The van der Waals surface area contributed by atoms with Crippen molar-refractivity contribution in [2.75, 3.05) is 20.8 Å². The molecular weight excluding hydrogens is 329 g/mol. The number of hydrogen-bond donors (Lipinski definition) is 1. The molecular formula is C18H18FNO5. The fourth-order valence-corrected chi connectivity index (χ4v) is 2.03. The Kier molecular flexibility index (Phi) is 6.33. The zero-order chi connectivity index (χ0) is 18.2. The lowest BCUT2D eigenvalue weighted by Gasteiger charge is -2.10. The predicted octanol–water partition coefficient (Wildman–Crippen LogP) is 2.32. The van der Waals surface area contributed by atoms with Crippen LogP contribution in [-0.2, 0) is 16.1 Å². The monoisotopic (exact) mass is 347 g/mol. The van der Waals surface area contributed by atoms with Crippen LogP contribution in [0.25, 0.3) is 0 Å². The minimum absolute atomic E-state index is 0.215. The van der Waals surface area contributed by atoms with Crippen LogP contribution in [0.4, 0.5) is 4.39 Å². The van der Waals surface area contributed by atoms with Gasteiger partial charge in [-0.1, -0.05) is 12.1 Å². The number of hydrogen-bond acceptors (Lipinski definition) is 5. The Morgan fingerprint density at radius 2 is 1.68 bits per heavy atom. The molecule has 0 saturated heterocycles. The smallest absolute Gasteiger partial charge is 0.338 e. The first-order chi connectivity index (χ1) is 12.0. The minimum Gasteiger partial charge on any atom is -0.493 e. The first kappa shape index (κ1) is 18.3. The highest BCUT2D eigenvalue weighted by atomic mass is 19.1. The lowest BCUT2D eigenvalue weighted by atomic mass is 10.2. The highest BCUT2D eigenvalue weighted by Gasteiger charge is 2.13. The Balaban J connectivity index is 1.84. The highest BCUT2D eigenvalue weighted by molar-refractivity contribution is 5.92. The number of halogens is 1. The molecule has 6 nitrogen and oxygen atoms in total. The van der Waals surface area contributed by atoms with E-state index in [1.54, 1.807) is 18.2 Å². The van der Waals surface area contributed by atoms with E-state index >= 15 is 0 Å². The molecule has 0 aliphatic carbocycles. The van der Waals surface area contributed by atoms with Gasteiger partial charge in [0.1, 0.15) is 5.82 Å². The van der Waals surface area contributed by atoms with E-state index in [0.29, 0.717) is 11.5 Å². The summed E-state index contributed by atoms with van der Waals surface area (Å²) < 4.78 is 28.0. The van der Waals surface area contributed by atoms with Crippen molar-refractivity contribution in [3.63, 3.8) is 0 Å². The molecule has 2 aromatic carbocycles. The van der Waals surface area contributed by atoms with Crippen LogP contribution in [0.3, 0.4) is 0 Å². The maximum atomic E-state index is 12.8. The lowest BCUT2D eigenvalue weighted by molar-refractivity contribution is -0.124. The van der Waals surface area contributed by atoms with Gasteiger partial charge in [-0.2, -0.15) is 0 Å². The Morgan fingerprint density at radius 1 is 1.00 bits per heavy atom. The van der Waals surface area contributed by atoms with Crippen LogP contribution >= 0.6 is 0 Å². The quantitative estimate of drug-likeness (QED) is 0.778. The van der Waals surface area contributed by atoms with E-state index < -0.39 is 18.5 Å². The Bertz CT molecular complexity index is 746.